The van der Waals surface area contributed by atoms with Gasteiger partial charge in [-0.2, -0.15) is 18.3 Å². The van der Waals surface area contributed by atoms with E-state index in [9.17, 15) is 32.7 Å². The molecule has 13 heteroatoms. The molecule has 0 aliphatic carbocycles. The van der Waals surface area contributed by atoms with Gasteiger partial charge in [-0.3, -0.25) is 19.5 Å². The van der Waals surface area contributed by atoms with Gasteiger partial charge in [0.05, 0.1) is 25.0 Å². The number of ketones is 1. The smallest absolute Gasteiger partial charge is 0.471 e. The summed E-state index contributed by atoms with van der Waals surface area (Å²) < 4.78 is 43.1. The number of hydrogen-bond acceptors (Lipinski definition) is 7. The van der Waals surface area contributed by atoms with Gasteiger partial charge in [0, 0.05) is 11.1 Å². The molecule has 3 rings (SSSR count). The maximum absolute atomic E-state index is 12.7. The average Bonchev–Trinajstić information content (AvgIpc) is 3.18. The largest absolute Gasteiger partial charge is 0.504 e. The first-order valence-corrected chi connectivity index (χ1v) is 9.52. The van der Waals surface area contributed by atoms with Gasteiger partial charge in [0.1, 0.15) is 17.1 Å². The van der Waals surface area contributed by atoms with Gasteiger partial charge >= 0.3 is 12.1 Å². The summed E-state index contributed by atoms with van der Waals surface area (Å²) in [6.45, 7) is -0.497. The SMILES string of the molecule is COc1ccc(-c2n[nH]c(C(=O)CNc3ccc(C(N)=O)cc3NC(=O)C(F)(F)F)c2O)cc1. The van der Waals surface area contributed by atoms with Crippen molar-refractivity contribution in [3.8, 4) is 22.8 Å². The Morgan fingerprint density at radius 1 is 1.12 bits per heavy atom. The Hall–Kier alpha value is -4.55. The molecule has 178 valence electrons. The average molecular weight is 477 g/mol. The number of nitrogens with two attached hydrogens (primary N) is 1. The fourth-order valence-electron chi connectivity index (χ4n) is 2.89. The molecule has 0 aliphatic heterocycles. The highest BCUT2D eigenvalue weighted by atomic mass is 19.4. The zero-order valence-corrected chi connectivity index (χ0v) is 17.5. The number of aromatic amines is 1. The van der Waals surface area contributed by atoms with Crippen molar-refractivity contribution >= 4 is 29.0 Å². The molecule has 0 fully saturated rings. The summed E-state index contributed by atoms with van der Waals surface area (Å²) in [5.41, 5.74) is 4.83. The number of alkyl halides is 3. The molecule has 0 radical (unpaired) electrons. The Balaban J connectivity index is 1.79. The third-order valence-electron chi connectivity index (χ3n) is 4.63. The molecule has 0 unspecified atom stereocenters. The molecular formula is C21H18F3N5O5. The molecule has 0 bridgehead atoms. The number of carbonyl (C=O) groups is 3. The number of primary amides is 1. The first-order valence-electron chi connectivity index (χ1n) is 9.52. The van der Waals surface area contributed by atoms with E-state index in [-0.39, 0.29) is 22.6 Å². The second-order valence-electron chi connectivity index (χ2n) is 6.88. The van der Waals surface area contributed by atoms with Crippen LogP contribution in [-0.2, 0) is 4.79 Å². The topological polar surface area (TPSA) is 159 Å². The lowest BCUT2D eigenvalue weighted by atomic mass is 10.1. The van der Waals surface area contributed by atoms with E-state index in [1.165, 1.54) is 19.2 Å². The number of halogens is 3. The van der Waals surface area contributed by atoms with Gasteiger partial charge in [-0.1, -0.05) is 0 Å². The summed E-state index contributed by atoms with van der Waals surface area (Å²) in [5.74, 6) is -3.74. The number of aromatic nitrogens is 2. The molecule has 0 saturated heterocycles. The number of carbonyl (C=O) groups excluding carboxylic acids is 3. The highest BCUT2D eigenvalue weighted by Crippen LogP contribution is 2.31. The number of aromatic hydroxyl groups is 1. The van der Waals surface area contributed by atoms with Crippen LogP contribution in [0.15, 0.2) is 42.5 Å². The predicted molar refractivity (Wildman–Crippen MR) is 115 cm³/mol. The Morgan fingerprint density at radius 2 is 1.79 bits per heavy atom. The molecule has 10 nitrogen and oxygen atoms in total. The summed E-state index contributed by atoms with van der Waals surface area (Å²) in [4.78, 5) is 35.3. The monoisotopic (exact) mass is 477 g/mol. The standard InChI is InChI=1S/C21H18F3N5O5/c1-34-12-5-2-10(3-6-12)16-18(31)17(29-28-16)15(30)9-26-13-7-4-11(19(25)32)8-14(13)27-20(33)21(22,23)24/h2-8,26,31H,9H2,1H3,(H2,25,32)(H,27,33)(H,28,29). The summed E-state index contributed by atoms with van der Waals surface area (Å²) in [6.07, 6.45) is -5.19. The maximum atomic E-state index is 12.7. The molecular weight excluding hydrogens is 459 g/mol. The summed E-state index contributed by atoms with van der Waals surface area (Å²) in [7, 11) is 1.49. The van der Waals surface area contributed by atoms with E-state index in [2.05, 4.69) is 15.5 Å². The zero-order valence-electron chi connectivity index (χ0n) is 17.5. The van der Waals surface area contributed by atoms with Gasteiger partial charge in [0.2, 0.25) is 11.7 Å². The van der Waals surface area contributed by atoms with E-state index < -0.39 is 41.8 Å². The van der Waals surface area contributed by atoms with Crippen LogP contribution in [0.4, 0.5) is 24.5 Å². The number of anilines is 2. The van der Waals surface area contributed by atoms with Crippen molar-refractivity contribution in [1.29, 1.82) is 0 Å². The normalized spacial score (nSPS) is 11.1. The number of H-pyrrole nitrogens is 1. The minimum Gasteiger partial charge on any atom is -0.504 e. The number of hydrogen-bond donors (Lipinski definition) is 5. The molecule has 3 aromatic rings. The number of ether oxygens (including phenoxy) is 1. The van der Waals surface area contributed by atoms with E-state index in [0.717, 1.165) is 6.07 Å². The van der Waals surface area contributed by atoms with E-state index in [1.807, 2.05) is 0 Å². The van der Waals surface area contributed by atoms with Crippen LogP contribution in [0, 0.1) is 0 Å². The van der Waals surface area contributed by atoms with Crippen molar-refractivity contribution in [2.45, 2.75) is 6.18 Å². The van der Waals surface area contributed by atoms with Crippen molar-refractivity contribution in [2.24, 2.45) is 5.73 Å². The van der Waals surface area contributed by atoms with Crippen LogP contribution in [0.5, 0.6) is 11.5 Å². The molecule has 1 aromatic heterocycles. The second-order valence-corrected chi connectivity index (χ2v) is 6.88. The van der Waals surface area contributed by atoms with Crippen molar-refractivity contribution in [1.82, 2.24) is 10.2 Å². The summed E-state index contributed by atoms with van der Waals surface area (Å²) in [6, 6.07) is 9.84. The number of methoxy groups -OCH3 is 1. The first kappa shape index (κ1) is 24.1. The van der Waals surface area contributed by atoms with Crippen molar-refractivity contribution in [2.75, 3.05) is 24.3 Å². The minimum absolute atomic E-state index is 0.0923. The van der Waals surface area contributed by atoms with E-state index in [0.29, 0.717) is 11.3 Å². The number of rotatable bonds is 8. The van der Waals surface area contributed by atoms with Gasteiger partial charge in [-0.25, -0.2) is 0 Å². The van der Waals surface area contributed by atoms with Gasteiger partial charge < -0.3 is 26.2 Å². The fraction of sp³-hybridized carbons (Fsp3) is 0.143. The lowest BCUT2D eigenvalue weighted by Gasteiger charge is -2.14. The number of benzene rings is 2. The van der Waals surface area contributed by atoms with Gasteiger partial charge in [0.15, 0.2) is 5.75 Å². The third-order valence-corrected chi connectivity index (χ3v) is 4.63. The van der Waals surface area contributed by atoms with E-state index in [4.69, 9.17) is 10.5 Å². The van der Waals surface area contributed by atoms with Crippen molar-refractivity contribution in [3.05, 3.63) is 53.7 Å². The van der Waals surface area contributed by atoms with Crippen LogP contribution < -0.4 is 21.1 Å². The fourth-order valence-corrected chi connectivity index (χ4v) is 2.89. The van der Waals surface area contributed by atoms with E-state index in [1.54, 1.807) is 29.6 Å². The highest BCUT2D eigenvalue weighted by molar-refractivity contribution is 6.03. The van der Waals surface area contributed by atoms with Gasteiger partial charge in [-0.05, 0) is 42.5 Å². The zero-order chi connectivity index (χ0) is 25.0. The summed E-state index contributed by atoms with van der Waals surface area (Å²) >= 11 is 0. The molecule has 1 heterocycles. The molecule has 0 saturated carbocycles. The molecule has 2 amide bonds. The van der Waals surface area contributed by atoms with Gasteiger partial charge in [-0.15, -0.1) is 0 Å². The van der Waals surface area contributed by atoms with E-state index >= 15 is 0 Å². The molecule has 0 aliphatic rings. The predicted octanol–water partition coefficient (Wildman–Crippen LogP) is 2.69. The van der Waals surface area contributed by atoms with Crippen LogP contribution in [0.3, 0.4) is 0 Å². The van der Waals surface area contributed by atoms with Crippen LogP contribution in [0.1, 0.15) is 20.8 Å². The number of nitrogens with zero attached hydrogens (tertiary/aromatic N) is 1. The van der Waals surface area contributed by atoms with Crippen molar-refractivity contribution in [3.63, 3.8) is 0 Å². The Bertz CT molecular complexity index is 1240. The Labute approximate surface area is 189 Å². The first-order chi connectivity index (χ1) is 16.0. The number of Topliss-reactive ketones (excluding diaryl/α,β-unsaturated/α-hetero) is 1. The van der Waals surface area contributed by atoms with Gasteiger partial charge in [0.25, 0.3) is 0 Å². The summed E-state index contributed by atoms with van der Waals surface area (Å²) in [5, 5.41) is 21.0. The van der Waals surface area contributed by atoms with Crippen LogP contribution >= 0.6 is 0 Å². The quantitative estimate of drug-likeness (QED) is 0.312. The Morgan fingerprint density at radius 3 is 2.38 bits per heavy atom. The molecule has 34 heavy (non-hydrogen) atoms. The van der Waals surface area contributed by atoms with Crippen LogP contribution in [-0.4, -0.2) is 52.7 Å². The third kappa shape index (κ3) is 5.26. The number of nitrogens with one attached hydrogen (secondary N) is 3. The van der Waals surface area contributed by atoms with Crippen molar-refractivity contribution < 1.29 is 37.4 Å². The highest BCUT2D eigenvalue weighted by Gasteiger charge is 2.39. The number of amides is 2. The van der Waals surface area contributed by atoms with Crippen LogP contribution in [0.2, 0.25) is 0 Å². The second kappa shape index (κ2) is 9.52. The molecule has 0 atom stereocenters. The molecule has 0 spiro atoms. The Kier molecular flexibility index (Phi) is 6.75. The minimum atomic E-state index is -5.19. The molecule has 2 aromatic carbocycles. The maximum Gasteiger partial charge on any atom is 0.471 e. The molecule has 6 N–H and O–H groups in total. The lowest BCUT2D eigenvalue weighted by molar-refractivity contribution is -0.167. The lowest BCUT2D eigenvalue weighted by Crippen LogP contribution is -2.30. The van der Waals surface area contributed by atoms with Crippen LogP contribution in [0.25, 0.3) is 11.3 Å².